The molecule has 3 heteroatoms. The third kappa shape index (κ3) is 1.94. The third-order valence-electron chi connectivity index (χ3n) is 4.91. The highest BCUT2D eigenvalue weighted by Gasteiger charge is 2.48. The van der Waals surface area contributed by atoms with Crippen molar-refractivity contribution >= 4 is 0 Å². The number of ether oxygens (including phenoxy) is 2. The average Bonchev–Trinajstić information content (AvgIpc) is 2.78. The molecule has 3 atom stereocenters. The second-order valence-corrected chi connectivity index (χ2v) is 5.76. The molecule has 96 valence electrons. The third-order valence-corrected chi connectivity index (χ3v) is 4.91. The number of hydrogen-bond donors (Lipinski definition) is 1. The lowest BCUT2D eigenvalue weighted by Gasteiger charge is -2.47. The van der Waals surface area contributed by atoms with Crippen LogP contribution in [-0.2, 0) is 9.47 Å². The van der Waals surface area contributed by atoms with Gasteiger partial charge in [-0.2, -0.15) is 0 Å². The van der Waals surface area contributed by atoms with Crippen LogP contribution >= 0.6 is 0 Å². The van der Waals surface area contributed by atoms with Crippen LogP contribution in [0.4, 0.5) is 0 Å². The number of hydrogen-bond acceptors (Lipinski definition) is 3. The van der Waals surface area contributed by atoms with Crippen molar-refractivity contribution in [3.05, 3.63) is 12.2 Å². The van der Waals surface area contributed by atoms with E-state index in [0.717, 1.165) is 45.3 Å². The Kier molecular flexibility index (Phi) is 3.01. The lowest BCUT2D eigenvalue weighted by molar-refractivity contribution is -0.200. The van der Waals surface area contributed by atoms with Gasteiger partial charge in [-0.25, -0.2) is 0 Å². The van der Waals surface area contributed by atoms with Gasteiger partial charge in [-0.05, 0) is 37.0 Å². The van der Waals surface area contributed by atoms with Gasteiger partial charge in [0.2, 0.25) is 0 Å². The van der Waals surface area contributed by atoms with Gasteiger partial charge in [0.25, 0.3) is 0 Å². The van der Waals surface area contributed by atoms with Gasteiger partial charge in [0.05, 0.1) is 13.2 Å². The van der Waals surface area contributed by atoms with Crippen LogP contribution in [-0.4, -0.2) is 30.7 Å². The fourth-order valence-corrected chi connectivity index (χ4v) is 3.95. The summed E-state index contributed by atoms with van der Waals surface area (Å²) < 4.78 is 11.6. The zero-order chi connectivity index (χ0) is 11.9. The smallest absolute Gasteiger partial charge is 0.168 e. The van der Waals surface area contributed by atoms with E-state index in [4.69, 9.17) is 9.47 Å². The first-order valence-corrected chi connectivity index (χ1v) is 6.80. The first kappa shape index (κ1) is 11.7. The molecule has 3 aliphatic rings. The molecule has 0 aromatic rings. The Morgan fingerprint density at radius 2 is 2.06 bits per heavy atom. The molecule has 0 radical (unpaired) electrons. The molecule has 3 fully saturated rings. The maximum atomic E-state index is 9.54. The summed E-state index contributed by atoms with van der Waals surface area (Å²) in [5, 5.41) is 9.54. The van der Waals surface area contributed by atoms with Gasteiger partial charge in [-0.1, -0.05) is 12.2 Å². The fraction of sp³-hybridized carbons (Fsp3) is 0.857. The van der Waals surface area contributed by atoms with Gasteiger partial charge in [0.1, 0.15) is 0 Å². The van der Waals surface area contributed by atoms with Crippen LogP contribution in [0, 0.1) is 17.8 Å². The Morgan fingerprint density at radius 1 is 1.29 bits per heavy atom. The van der Waals surface area contributed by atoms with Crippen LogP contribution in [0.3, 0.4) is 0 Å². The number of aliphatic hydroxyl groups excluding tert-OH is 1. The van der Waals surface area contributed by atoms with Crippen LogP contribution in [0.25, 0.3) is 0 Å². The molecule has 1 N–H and O–H groups in total. The molecular weight excluding hydrogens is 216 g/mol. The highest BCUT2D eigenvalue weighted by molar-refractivity contribution is 5.11. The second-order valence-electron chi connectivity index (χ2n) is 5.76. The summed E-state index contributed by atoms with van der Waals surface area (Å²) in [5.41, 5.74) is 1.38. The summed E-state index contributed by atoms with van der Waals surface area (Å²) in [5.74, 6) is 1.18. The summed E-state index contributed by atoms with van der Waals surface area (Å²) in [6, 6.07) is 0. The Morgan fingerprint density at radius 3 is 2.76 bits per heavy atom. The van der Waals surface area contributed by atoms with Crippen molar-refractivity contribution < 1.29 is 14.6 Å². The van der Waals surface area contributed by atoms with Gasteiger partial charge < -0.3 is 14.6 Å². The first-order valence-electron chi connectivity index (χ1n) is 6.80. The van der Waals surface area contributed by atoms with Crippen molar-refractivity contribution in [2.75, 3.05) is 19.8 Å². The molecule has 1 spiro atoms. The van der Waals surface area contributed by atoms with Crippen molar-refractivity contribution in [1.29, 1.82) is 0 Å². The largest absolute Gasteiger partial charge is 0.396 e. The molecule has 1 saturated heterocycles. The van der Waals surface area contributed by atoms with E-state index < -0.39 is 0 Å². The highest BCUT2D eigenvalue weighted by atomic mass is 16.7. The average molecular weight is 238 g/mol. The molecule has 1 aliphatic heterocycles. The Hall–Kier alpha value is -0.380. The lowest BCUT2D eigenvalue weighted by atomic mass is 9.62. The van der Waals surface area contributed by atoms with Crippen LogP contribution in [0.1, 0.15) is 32.1 Å². The van der Waals surface area contributed by atoms with E-state index in [-0.39, 0.29) is 5.79 Å². The monoisotopic (exact) mass is 238 g/mol. The van der Waals surface area contributed by atoms with E-state index in [1.54, 1.807) is 0 Å². The predicted octanol–water partition coefficient (Wildman–Crippen LogP) is 2.10. The van der Waals surface area contributed by atoms with Gasteiger partial charge in [0.15, 0.2) is 5.79 Å². The van der Waals surface area contributed by atoms with Crippen LogP contribution in [0.2, 0.25) is 0 Å². The fourth-order valence-electron chi connectivity index (χ4n) is 3.95. The predicted molar refractivity (Wildman–Crippen MR) is 64.4 cm³/mol. The minimum atomic E-state index is -0.327. The zero-order valence-corrected chi connectivity index (χ0v) is 10.4. The molecule has 2 aliphatic carbocycles. The maximum Gasteiger partial charge on any atom is 0.168 e. The Labute approximate surface area is 103 Å². The van der Waals surface area contributed by atoms with Crippen molar-refractivity contribution in [2.24, 2.45) is 17.8 Å². The summed E-state index contributed by atoms with van der Waals surface area (Å²) in [6.45, 7) is 5.96. The zero-order valence-electron chi connectivity index (χ0n) is 10.4. The summed E-state index contributed by atoms with van der Waals surface area (Å²) >= 11 is 0. The number of allylic oxidation sites excluding steroid dienone is 1. The van der Waals surface area contributed by atoms with Gasteiger partial charge in [-0.3, -0.25) is 0 Å². The SMILES string of the molecule is C=C1CC[C@H](CO)[C@H]2CC3(CC[C@H]12)OCCO3. The molecule has 17 heavy (non-hydrogen) atoms. The minimum Gasteiger partial charge on any atom is -0.396 e. The maximum absolute atomic E-state index is 9.54. The normalized spacial score (nSPS) is 40.5. The highest BCUT2D eigenvalue weighted by Crippen LogP contribution is 2.50. The number of aliphatic hydroxyl groups is 1. The molecule has 1 heterocycles. The van der Waals surface area contributed by atoms with Gasteiger partial charge in [-0.15, -0.1) is 0 Å². The molecule has 0 aromatic carbocycles. The quantitative estimate of drug-likeness (QED) is 0.711. The molecule has 0 aromatic heterocycles. The van der Waals surface area contributed by atoms with E-state index in [0.29, 0.717) is 24.4 Å². The van der Waals surface area contributed by atoms with Crippen LogP contribution < -0.4 is 0 Å². The van der Waals surface area contributed by atoms with Crippen LogP contribution in [0.5, 0.6) is 0 Å². The second kappa shape index (κ2) is 4.38. The van der Waals surface area contributed by atoms with Crippen molar-refractivity contribution in [3.8, 4) is 0 Å². The summed E-state index contributed by atoms with van der Waals surface area (Å²) in [4.78, 5) is 0. The van der Waals surface area contributed by atoms with Crippen molar-refractivity contribution in [1.82, 2.24) is 0 Å². The summed E-state index contributed by atoms with van der Waals surface area (Å²) in [6.07, 6.45) is 5.21. The first-order chi connectivity index (χ1) is 8.24. The minimum absolute atomic E-state index is 0.296. The van der Waals surface area contributed by atoms with Gasteiger partial charge in [0, 0.05) is 19.4 Å². The molecular formula is C14H22O3. The molecule has 3 nitrogen and oxygen atoms in total. The van der Waals surface area contributed by atoms with E-state index in [1.807, 2.05) is 0 Å². The van der Waals surface area contributed by atoms with E-state index >= 15 is 0 Å². The summed E-state index contributed by atoms with van der Waals surface area (Å²) in [7, 11) is 0. The van der Waals surface area contributed by atoms with Crippen LogP contribution in [0.15, 0.2) is 12.2 Å². The molecule has 0 unspecified atom stereocenters. The van der Waals surface area contributed by atoms with E-state index in [2.05, 4.69) is 6.58 Å². The molecule has 0 bridgehead atoms. The Bertz CT molecular complexity index is 307. The van der Waals surface area contributed by atoms with E-state index in [9.17, 15) is 5.11 Å². The lowest BCUT2D eigenvalue weighted by Crippen LogP contribution is -2.45. The number of fused-ring (bicyclic) bond motifs is 1. The van der Waals surface area contributed by atoms with Crippen molar-refractivity contribution in [2.45, 2.75) is 37.9 Å². The van der Waals surface area contributed by atoms with Crippen molar-refractivity contribution in [3.63, 3.8) is 0 Å². The van der Waals surface area contributed by atoms with E-state index in [1.165, 1.54) is 5.57 Å². The molecule has 3 rings (SSSR count). The topological polar surface area (TPSA) is 38.7 Å². The standard InChI is InChI=1S/C14H22O3/c1-10-2-3-11(9-15)13-8-14(5-4-12(10)13)16-6-7-17-14/h11-13,15H,1-9H2/t11-,12-,13-/m1/s1. The Balaban J connectivity index is 1.79. The molecule has 0 amide bonds. The molecule has 2 saturated carbocycles. The number of rotatable bonds is 1. The van der Waals surface area contributed by atoms with Gasteiger partial charge >= 0.3 is 0 Å².